The van der Waals surface area contributed by atoms with Crippen molar-refractivity contribution in [2.75, 3.05) is 0 Å². The molecule has 0 fully saturated rings. The van der Waals surface area contributed by atoms with Crippen molar-refractivity contribution in [2.24, 2.45) is 0 Å². The van der Waals surface area contributed by atoms with E-state index in [1.54, 1.807) is 31.2 Å². The predicted octanol–water partition coefficient (Wildman–Crippen LogP) is 4.91. The maximum atomic E-state index is 12.4. The van der Waals surface area contributed by atoms with Crippen molar-refractivity contribution in [3.8, 4) is 5.75 Å². The Morgan fingerprint density at radius 2 is 1.54 bits per heavy atom. The van der Waals surface area contributed by atoms with Gasteiger partial charge in [-0.05, 0) is 55.7 Å². The number of benzene rings is 3. The van der Waals surface area contributed by atoms with Crippen LogP contribution in [-0.2, 0) is 27.3 Å². The molecule has 0 aromatic heterocycles. The van der Waals surface area contributed by atoms with E-state index < -0.39 is 16.2 Å². The van der Waals surface area contributed by atoms with Crippen molar-refractivity contribution in [2.45, 2.75) is 37.9 Å². The predicted molar refractivity (Wildman–Crippen MR) is 110 cm³/mol. The topological polar surface area (TPSA) is 52.6 Å². The van der Waals surface area contributed by atoms with E-state index in [-0.39, 0.29) is 4.90 Å². The summed E-state index contributed by atoms with van der Waals surface area (Å²) in [4.78, 5) is 0.171. The molecule has 0 saturated heterocycles. The van der Waals surface area contributed by atoms with Crippen LogP contribution in [0.5, 0.6) is 5.75 Å². The zero-order valence-corrected chi connectivity index (χ0v) is 16.9. The average molecular weight is 397 g/mol. The highest BCUT2D eigenvalue weighted by atomic mass is 32.2. The molecule has 4 nitrogen and oxygen atoms in total. The van der Waals surface area contributed by atoms with Gasteiger partial charge in [0.05, 0.1) is 11.0 Å². The lowest BCUT2D eigenvalue weighted by molar-refractivity contribution is 0.229. The minimum atomic E-state index is -3.78. The quantitative estimate of drug-likeness (QED) is 0.508. The van der Waals surface area contributed by atoms with Crippen LogP contribution >= 0.6 is 0 Å². The molecule has 3 aromatic rings. The first-order valence-electron chi connectivity index (χ1n) is 9.18. The molecular formula is C23H24O4S. The van der Waals surface area contributed by atoms with Gasteiger partial charge in [-0.25, -0.2) is 0 Å². The third-order valence-electron chi connectivity index (χ3n) is 4.27. The highest BCUT2D eigenvalue weighted by molar-refractivity contribution is 7.86. The van der Waals surface area contributed by atoms with Gasteiger partial charge in [0.25, 0.3) is 10.1 Å². The fourth-order valence-corrected chi connectivity index (χ4v) is 3.93. The maximum Gasteiger partial charge on any atom is 0.297 e. The van der Waals surface area contributed by atoms with Crippen molar-refractivity contribution in [3.63, 3.8) is 0 Å². The summed E-state index contributed by atoms with van der Waals surface area (Å²) in [6, 6.07) is 24.2. The van der Waals surface area contributed by atoms with Gasteiger partial charge in [0.15, 0.2) is 0 Å². The Morgan fingerprint density at radius 3 is 2.25 bits per heavy atom. The van der Waals surface area contributed by atoms with Gasteiger partial charge in [0.2, 0.25) is 0 Å². The summed E-state index contributed by atoms with van der Waals surface area (Å²) in [6.07, 6.45) is -0.0242. The van der Waals surface area contributed by atoms with Gasteiger partial charge in [0, 0.05) is 0 Å². The second kappa shape index (κ2) is 9.04. The second-order valence-corrected chi connectivity index (χ2v) is 8.37. The van der Waals surface area contributed by atoms with E-state index in [0.29, 0.717) is 13.0 Å². The fourth-order valence-electron chi connectivity index (χ4n) is 2.85. The molecule has 0 aliphatic heterocycles. The third kappa shape index (κ3) is 5.68. The Bertz CT molecular complexity index is 996. The average Bonchev–Trinajstić information content (AvgIpc) is 2.67. The summed E-state index contributed by atoms with van der Waals surface area (Å²) >= 11 is 0. The number of rotatable bonds is 8. The molecular weight excluding hydrogens is 372 g/mol. The molecule has 0 bridgehead atoms. The molecule has 3 aromatic carbocycles. The fraction of sp³-hybridized carbons (Fsp3) is 0.217. The Hall–Kier alpha value is -2.63. The molecule has 1 atom stereocenters. The normalized spacial score (nSPS) is 12.5. The largest absolute Gasteiger partial charge is 0.489 e. The van der Waals surface area contributed by atoms with E-state index in [9.17, 15) is 8.42 Å². The summed E-state index contributed by atoms with van der Waals surface area (Å²) in [5.41, 5.74) is 3.05. The minimum absolute atomic E-state index is 0.171. The summed E-state index contributed by atoms with van der Waals surface area (Å²) in [5.74, 6) is 0.745. The van der Waals surface area contributed by atoms with Gasteiger partial charge in [-0.2, -0.15) is 8.42 Å². The molecule has 0 saturated carbocycles. The van der Waals surface area contributed by atoms with E-state index in [2.05, 4.69) is 0 Å². The summed E-state index contributed by atoms with van der Waals surface area (Å²) in [5, 5.41) is 0. The van der Waals surface area contributed by atoms with Crippen LogP contribution in [0.25, 0.3) is 0 Å². The van der Waals surface area contributed by atoms with Crippen LogP contribution in [0.1, 0.15) is 23.6 Å². The van der Waals surface area contributed by atoms with Crippen molar-refractivity contribution < 1.29 is 17.3 Å². The van der Waals surface area contributed by atoms with Crippen LogP contribution < -0.4 is 4.74 Å². The molecule has 0 radical (unpaired) electrons. The van der Waals surface area contributed by atoms with Crippen molar-refractivity contribution in [1.29, 1.82) is 0 Å². The Kier molecular flexibility index (Phi) is 6.49. The van der Waals surface area contributed by atoms with E-state index in [1.165, 1.54) is 0 Å². The summed E-state index contributed by atoms with van der Waals surface area (Å²) in [6.45, 7) is 4.15. The molecule has 0 aliphatic carbocycles. The van der Waals surface area contributed by atoms with Crippen LogP contribution in [0.2, 0.25) is 0 Å². The van der Waals surface area contributed by atoms with E-state index in [4.69, 9.17) is 8.92 Å². The molecule has 28 heavy (non-hydrogen) atoms. The smallest absolute Gasteiger partial charge is 0.297 e. The third-order valence-corrected chi connectivity index (χ3v) is 5.70. The Balaban J connectivity index is 1.60. The minimum Gasteiger partial charge on any atom is -0.489 e. The molecule has 3 rings (SSSR count). The zero-order chi connectivity index (χ0) is 20.0. The lowest BCUT2D eigenvalue weighted by atomic mass is 10.1. The van der Waals surface area contributed by atoms with Crippen molar-refractivity contribution >= 4 is 10.1 Å². The van der Waals surface area contributed by atoms with Crippen molar-refractivity contribution in [1.82, 2.24) is 0 Å². The first-order valence-corrected chi connectivity index (χ1v) is 10.6. The van der Waals surface area contributed by atoms with Crippen molar-refractivity contribution in [3.05, 3.63) is 95.6 Å². The summed E-state index contributed by atoms with van der Waals surface area (Å²) < 4.78 is 36.1. The highest BCUT2D eigenvalue weighted by Crippen LogP contribution is 2.20. The number of ether oxygens (including phenoxy) is 1. The zero-order valence-electron chi connectivity index (χ0n) is 16.0. The van der Waals surface area contributed by atoms with Crippen LogP contribution in [0.15, 0.2) is 83.8 Å². The molecule has 0 aliphatic rings. The lowest BCUT2D eigenvalue weighted by Gasteiger charge is -2.14. The number of aryl methyl sites for hydroxylation is 1. The van der Waals surface area contributed by atoms with E-state index in [1.807, 2.05) is 61.5 Å². The van der Waals surface area contributed by atoms with Crippen LogP contribution in [-0.4, -0.2) is 14.5 Å². The Labute approximate surface area is 166 Å². The van der Waals surface area contributed by atoms with Crippen LogP contribution in [0.3, 0.4) is 0 Å². The molecule has 146 valence electrons. The maximum absolute atomic E-state index is 12.4. The van der Waals surface area contributed by atoms with Gasteiger partial charge in [-0.15, -0.1) is 0 Å². The van der Waals surface area contributed by atoms with Gasteiger partial charge in [0.1, 0.15) is 12.4 Å². The standard InChI is InChI=1S/C23H24O4S/c1-18-11-13-23(14-12-18)28(24,25)27-19(2)15-21-9-6-10-22(16-21)26-17-20-7-4-3-5-8-20/h3-14,16,19H,15,17H2,1-2H3. The molecule has 0 N–H and O–H groups in total. The Morgan fingerprint density at radius 1 is 0.857 bits per heavy atom. The number of hydrogen-bond donors (Lipinski definition) is 0. The molecule has 0 amide bonds. The first-order chi connectivity index (χ1) is 13.4. The molecule has 1 unspecified atom stereocenters. The second-order valence-electron chi connectivity index (χ2n) is 6.80. The molecule has 0 spiro atoms. The van der Waals surface area contributed by atoms with Crippen LogP contribution in [0, 0.1) is 6.92 Å². The van der Waals surface area contributed by atoms with Crippen LogP contribution in [0.4, 0.5) is 0 Å². The lowest BCUT2D eigenvalue weighted by Crippen LogP contribution is -2.18. The molecule has 0 heterocycles. The van der Waals surface area contributed by atoms with Gasteiger partial charge in [-0.1, -0.05) is 60.2 Å². The van der Waals surface area contributed by atoms with Gasteiger partial charge < -0.3 is 4.74 Å². The highest BCUT2D eigenvalue weighted by Gasteiger charge is 2.19. The first kappa shape index (κ1) is 20.1. The monoisotopic (exact) mass is 396 g/mol. The van der Waals surface area contributed by atoms with E-state index in [0.717, 1.165) is 22.4 Å². The SMILES string of the molecule is Cc1ccc(S(=O)(=O)OC(C)Cc2cccc(OCc3ccccc3)c2)cc1. The van der Waals surface area contributed by atoms with E-state index >= 15 is 0 Å². The summed E-state index contributed by atoms with van der Waals surface area (Å²) in [7, 11) is -3.78. The molecule has 5 heteroatoms. The number of hydrogen-bond acceptors (Lipinski definition) is 4. The van der Waals surface area contributed by atoms with Gasteiger partial charge >= 0.3 is 0 Å². The van der Waals surface area contributed by atoms with Gasteiger partial charge in [-0.3, -0.25) is 4.18 Å².